The highest BCUT2D eigenvalue weighted by Crippen LogP contribution is 2.30. The number of rotatable bonds is 7. The first kappa shape index (κ1) is 16.8. The van der Waals surface area contributed by atoms with Crippen molar-refractivity contribution in [2.45, 2.75) is 32.9 Å². The van der Waals surface area contributed by atoms with Crippen molar-refractivity contribution in [3.8, 4) is 5.75 Å². The maximum atomic E-state index is 12.3. The van der Waals surface area contributed by atoms with Gasteiger partial charge in [-0.05, 0) is 47.0 Å². The molecule has 1 heterocycles. The van der Waals surface area contributed by atoms with Crippen molar-refractivity contribution in [3.63, 3.8) is 0 Å². The van der Waals surface area contributed by atoms with E-state index in [1.165, 1.54) is 6.07 Å². The molecule has 0 aliphatic carbocycles. The van der Waals surface area contributed by atoms with E-state index < -0.39 is 6.61 Å². The second kappa shape index (κ2) is 7.54. The lowest BCUT2D eigenvalue weighted by Crippen LogP contribution is -2.34. The smallest absolute Gasteiger partial charge is 0.387 e. The lowest BCUT2D eigenvalue weighted by Gasteiger charge is -2.16. The van der Waals surface area contributed by atoms with E-state index >= 15 is 0 Å². The van der Waals surface area contributed by atoms with E-state index in [0.717, 1.165) is 29.2 Å². The van der Waals surface area contributed by atoms with E-state index in [1.54, 1.807) is 6.92 Å². The van der Waals surface area contributed by atoms with E-state index in [0.29, 0.717) is 0 Å². The maximum Gasteiger partial charge on any atom is 0.387 e. The fourth-order valence-electron chi connectivity index (χ4n) is 1.65. The van der Waals surface area contributed by atoms with Crippen LogP contribution in [-0.4, -0.2) is 44.1 Å². The van der Waals surface area contributed by atoms with Gasteiger partial charge < -0.3 is 15.0 Å². The van der Waals surface area contributed by atoms with E-state index in [9.17, 15) is 13.6 Å². The van der Waals surface area contributed by atoms with E-state index in [1.807, 2.05) is 25.9 Å². The number of ether oxygens (including phenoxy) is 1. The second-order valence-electron chi connectivity index (χ2n) is 4.90. The minimum absolute atomic E-state index is 0.0355. The van der Waals surface area contributed by atoms with Crippen LogP contribution in [0.15, 0.2) is 6.07 Å². The molecule has 1 N–H and O–H groups in total. The molecule has 1 amide bonds. The first-order chi connectivity index (χ1) is 9.29. The number of hydrogen-bond acceptors (Lipinski definition) is 4. The molecule has 0 fully saturated rings. The first-order valence-electron chi connectivity index (χ1n) is 6.30. The van der Waals surface area contributed by atoms with Gasteiger partial charge >= 0.3 is 6.61 Å². The molecule has 1 rings (SSSR count). The molecule has 1 aromatic heterocycles. The molecule has 20 heavy (non-hydrogen) atoms. The van der Waals surface area contributed by atoms with E-state index in [-0.39, 0.29) is 22.6 Å². The lowest BCUT2D eigenvalue weighted by molar-refractivity contribution is -0.0498. The van der Waals surface area contributed by atoms with Gasteiger partial charge in [-0.25, -0.2) is 0 Å². The Bertz CT molecular complexity index is 450. The molecular formula is C13H20F2N2O2S. The fraction of sp³-hybridized carbons (Fsp3) is 0.615. The third kappa shape index (κ3) is 5.42. The van der Waals surface area contributed by atoms with Crippen molar-refractivity contribution in [3.05, 3.63) is 15.8 Å². The largest absolute Gasteiger partial charge is 0.433 e. The molecule has 0 saturated carbocycles. The molecule has 0 radical (unpaired) electrons. The van der Waals surface area contributed by atoms with Gasteiger partial charge in [0.15, 0.2) is 0 Å². The van der Waals surface area contributed by atoms with Gasteiger partial charge in [-0.3, -0.25) is 4.79 Å². The molecular weight excluding hydrogens is 286 g/mol. The standard InChI is InChI=1S/C13H20F2N2O2S/c1-8(5-6-17(3)4)16-12(18)11-10(19-13(14)15)7-9(2)20-11/h7-8,13H,5-6H2,1-4H3,(H,16,18). The fourth-order valence-corrected chi connectivity index (χ4v) is 2.49. The number of alkyl halides is 2. The zero-order valence-corrected chi connectivity index (χ0v) is 12.9. The molecule has 7 heteroatoms. The quantitative estimate of drug-likeness (QED) is 0.842. The van der Waals surface area contributed by atoms with Crippen LogP contribution in [0.1, 0.15) is 27.9 Å². The number of carbonyl (C=O) groups excluding carboxylic acids is 1. The van der Waals surface area contributed by atoms with Crippen molar-refractivity contribution >= 4 is 17.2 Å². The number of hydrogen-bond donors (Lipinski definition) is 1. The summed E-state index contributed by atoms with van der Waals surface area (Å²) in [6, 6.07) is 1.42. The molecule has 4 nitrogen and oxygen atoms in total. The van der Waals surface area contributed by atoms with Gasteiger partial charge in [0, 0.05) is 10.9 Å². The predicted octanol–water partition coefficient (Wildman–Crippen LogP) is 2.73. The monoisotopic (exact) mass is 306 g/mol. The number of amides is 1. The van der Waals surface area contributed by atoms with Crippen LogP contribution < -0.4 is 10.1 Å². The average Bonchev–Trinajstić information content (AvgIpc) is 2.66. The van der Waals surface area contributed by atoms with Gasteiger partial charge in [-0.1, -0.05) is 0 Å². The third-order valence-corrected chi connectivity index (χ3v) is 3.66. The zero-order valence-electron chi connectivity index (χ0n) is 12.1. The normalized spacial score (nSPS) is 12.8. The summed E-state index contributed by atoms with van der Waals surface area (Å²) in [6.07, 6.45) is 0.786. The third-order valence-electron chi connectivity index (χ3n) is 2.63. The maximum absolute atomic E-state index is 12.3. The van der Waals surface area contributed by atoms with Gasteiger partial charge in [-0.2, -0.15) is 8.78 Å². The molecule has 0 saturated heterocycles. The summed E-state index contributed by atoms with van der Waals surface area (Å²) < 4.78 is 29.0. The van der Waals surface area contributed by atoms with E-state index in [4.69, 9.17) is 0 Å². The summed E-state index contributed by atoms with van der Waals surface area (Å²) in [6.45, 7) is 1.54. The molecule has 1 atom stereocenters. The minimum Gasteiger partial charge on any atom is -0.433 e. The summed E-state index contributed by atoms with van der Waals surface area (Å²) in [7, 11) is 3.90. The molecule has 0 aliphatic rings. The average molecular weight is 306 g/mol. The lowest BCUT2D eigenvalue weighted by atomic mass is 10.2. The van der Waals surface area contributed by atoms with Crippen molar-refractivity contribution in [1.82, 2.24) is 10.2 Å². The molecule has 0 bridgehead atoms. The first-order valence-corrected chi connectivity index (χ1v) is 7.12. The highest BCUT2D eigenvalue weighted by Gasteiger charge is 2.20. The Morgan fingerprint density at radius 1 is 1.50 bits per heavy atom. The Kier molecular flexibility index (Phi) is 6.35. The van der Waals surface area contributed by atoms with Crippen molar-refractivity contribution in [2.24, 2.45) is 0 Å². The molecule has 0 spiro atoms. The zero-order chi connectivity index (χ0) is 15.3. The van der Waals surface area contributed by atoms with Gasteiger partial charge in [0.2, 0.25) is 0 Å². The number of halogens is 2. The minimum atomic E-state index is -2.93. The van der Waals surface area contributed by atoms with Crippen LogP contribution in [0.25, 0.3) is 0 Å². The molecule has 1 aromatic rings. The van der Waals surface area contributed by atoms with Gasteiger partial charge in [0.05, 0.1) is 0 Å². The van der Waals surface area contributed by atoms with Crippen LogP contribution in [0, 0.1) is 6.92 Å². The SMILES string of the molecule is Cc1cc(OC(F)F)c(C(=O)NC(C)CCN(C)C)s1. The Hall–Kier alpha value is -1.21. The van der Waals surface area contributed by atoms with Gasteiger partial charge in [0.25, 0.3) is 5.91 Å². The van der Waals surface area contributed by atoms with Crippen LogP contribution in [0.2, 0.25) is 0 Å². The number of thiophene rings is 1. The van der Waals surface area contributed by atoms with Crippen molar-refractivity contribution < 1.29 is 18.3 Å². The Labute approximate surface area is 121 Å². The molecule has 114 valence electrons. The van der Waals surface area contributed by atoms with Crippen LogP contribution in [0.3, 0.4) is 0 Å². The molecule has 1 unspecified atom stereocenters. The molecule has 0 aromatic carbocycles. The van der Waals surface area contributed by atoms with Crippen molar-refractivity contribution in [1.29, 1.82) is 0 Å². The summed E-state index contributed by atoms with van der Waals surface area (Å²) in [4.78, 5) is 15.0. The van der Waals surface area contributed by atoms with Crippen LogP contribution in [0.5, 0.6) is 5.75 Å². The highest BCUT2D eigenvalue weighted by atomic mass is 32.1. The summed E-state index contributed by atoms with van der Waals surface area (Å²) in [5.74, 6) is -0.426. The highest BCUT2D eigenvalue weighted by molar-refractivity contribution is 7.14. The summed E-state index contributed by atoms with van der Waals surface area (Å²) >= 11 is 1.15. The number of aryl methyl sites for hydroxylation is 1. The Morgan fingerprint density at radius 2 is 2.15 bits per heavy atom. The van der Waals surface area contributed by atoms with Crippen LogP contribution in [-0.2, 0) is 0 Å². The molecule has 0 aliphatic heterocycles. The number of nitrogens with one attached hydrogen (secondary N) is 1. The van der Waals surface area contributed by atoms with Gasteiger partial charge in [0.1, 0.15) is 10.6 Å². The summed E-state index contributed by atoms with van der Waals surface area (Å²) in [5, 5.41) is 2.80. The second-order valence-corrected chi connectivity index (χ2v) is 6.15. The Balaban J connectivity index is 2.67. The number of nitrogens with zero attached hydrogens (tertiary/aromatic N) is 1. The topological polar surface area (TPSA) is 41.6 Å². The predicted molar refractivity (Wildman–Crippen MR) is 75.8 cm³/mol. The van der Waals surface area contributed by atoms with Crippen LogP contribution >= 0.6 is 11.3 Å². The van der Waals surface area contributed by atoms with Crippen LogP contribution in [0.4, 0.5) is 8.78 Å². The Morgan fingerprint density at radius 3 is 2.70 bits per heavy atom. The van der Waals surface area contributed by atoms with Gasteiger partial charge in [-0.15, -0.1) is 11.3 Å². The van der Waals surface area contributed by atoms with Crippen molar-refractivity contribution in [2.75, 3.05) is 20.6 Å². The number of carbonyl (C=O) groups is 1. The summed E-state index contributed by atoms with van der Waals surface area (Å²) in [5.41, 5.74) is 0. The van der Waals surface area contributed by atoms with E-state index in [2.05, 4.69) is 10.1 Å².